The first-order valence-corrected chi connectivity index (χ1v) is 6.67. The quantitative estimate of drug-likeness (QED) is 0.845. The lowest BCUT2D eigenvalue weighted by molar-refractivity contribution is 0.0374. The topological polar surface area (TPSA) is 35.2 Å². The molecule has 96 valence electrons. The highest BCUT2D eigenvalue weighted by Crippen LogP contribution is 2.29. The van der Waals surface area contributed by atoms with Gasteiger partial charge in [-0.25, -0.2) is 0 Å². The first-order chi connectivity index (χ1) is 8.10. The second-order valence-electron chi connectivity index (χ2n) is 3.97. The largest absolute Gasteiger partial charge is 0.377 e. The normalized spacial score (nSPS) is 14.6. The van der Waals surface area contributed by atoms with Crippen molar-refractivity contribution in [3.63, 3.8) is 0 Å². The van der Waals surface area contributed by atoms with Crippen LogP contribution in [0.4, 0.5) is 0 Å². The average Bonchev–Trinajstić information content (AvgIpc) is 2.31. The van der Waals surface area contributed by atoms with Gasteiger partial charge in [0.2, 0.25) is 0 Å². The summed E-state index contributed by atoms with van der Waals surface area (Å²) in [7, 11) is 0. The van der Waals surface area contributed by atoms with Crippen LogP contribution in [0.5, 0.6) is 0 Å². The molecule has 1 rings (SSSR count). The van der Waals surface area contributed by atoms with Gasteiger partial charge in [0, 0.05) is 16.7 Å². The molecule has 0 heterocycles. The summed E-state index contributed by atoms with van der Waals surface area (Å²) in [6, 6.07) is 5.11. The molecular formula is C13H19Cl2NO. The minimum Gasteiger partial charge on any atom is -0.377 e. The zero-order valence-corrected chi connectivity index (χ0v) is 11.8. The highest BCUT2D eigenvalue weighted by atomic mass is 35.5. The van der Waals surface area contributed by atoms with E-state index < -0.39 is 0 Å². The van der Waals surface area contributed by atoms with Crippen molar-refractivity contribution in [2.45, 2.75) is 38.8 Å². The molecule has 2 unspecified atom stereocenters. The van der Waals surface area contributed by atoms with Crippen LogP contribution in [0, 0.1) is 0 Å². The maximum atomic E-state index is 6.21. The van der Waals surface area contributed by atoms with E-state index in [2.05, 4.69) is 6.92 Å². The van der Waals surface area contributed by atoms with Crippen LogP contribution in [-0.2, 0) is 4.74 Å². The van der Waals surface area contributed by atoms with E-state index in [0.717, 1.165) is 18.4 Å². The molecular weight excluding hydrogens is 257 g/mol. The van der Waals surface area contributed by atoms with Crippen LogP contribution in [0.2, 0.25) is 10.0 Å². The minimum atomic E-state index is -0.235. The van der Waals surface area contributed by atoms with Crippen molar-refractivity contribution < 1.29 is 4.74 Å². The Morgan fingerprint density at radius 3 is 2.59 bits per heavy atom. The van der Waals surface area contributed by atoms with Gasteiger partial charge >= 0.3 is 0 Å². The second kappa shape index (κ2) is 7.22. The third kappa shape index (κ3) is 4.14. The predicted molar refractivity (Wildman–Crippen MR) is 73.7 cm³/mol. The zero-order valence-electron chi connectivity index (χ0n) is 10.2. The van der Waals surface area contributed by atoms with E-state index in [0.29, 0.717) is 16.7 Å². The monoisotopic (exact) mass is 275 g/mol. The van der Waals surface area contributed by atoms with Crippen molar-refractivity contribution in [3.8, 4) is 0 Å². The van der Waals surface area contributed by atoms with E-state index >= 15 is 0 Å². The summed E-state index contributed by atoms with van der Waals surface area (Å²) in [5.41, 5.74) is 7.07. The van der Waals surface area contributed by atoms with Gasteiger partial charge in [0.25, 0.3) is 0 Å². The number of hydrogen-bond donors (Lipinski definition) is 1. The Morgan fingerprint density at radius 2 is 2.00 bits per heavy atom. The van der Waals surface area contributed by atoms with Gasteiger partial charge in [-0.3, -0.25) is 0 Å². The van der Waals surface area contributed by atoms with E-state index in [9.17, 15) is 0 Å². The maximum Gasteiger partial charge on any atom is 0.0767 e. The lowest BCUT2D eigenvalue weighted by atomic mass is 9.99. The van der Waals surface area contributed by atoms with Crippen LogP contribution in [0.3, 0.4) is 0 Å². The van der Waals surface area contributed by atoms with Gasteiger partial charge in [-0.2, -0.15) is 0 Å². The molecule has 0 saturated carbocycles. The third-order valence-corrected chi connectivity index (χ3v) is 3.25. The van der Waals surface area contributed by atoms with E-state index in [1.807, 2.05) is 13.0 Å². The van der Waals surface area contributed by atoms with Crippen molar-refractivity contribution in [2.75, 3.05) is 6.61 Å². The summed E-state index contributed by atoms with van der Waals surface area (Å²) < 4.78 is 5.67. The third-order valence-electron chi connectivity index (χ3n) is 2.67. The van der Waals surface area contributed by atoms with Crippen molar-refractivity contribution in [2.24, 2.45) is 5.73 Å². The molecule has 0 amide bonds. The summed E-state index contributed by atoms with van der Waals surface area (Å²) in [5.74, 6) is 0. The number of ether oxygens (including phenoxy) is 1. The van der Waals surface area contributed by atoms with E-state index in [1.54, 1.807) is 12.1 Å². The standard InChI is InChI=1S/C13H19Cl2NO/c1-3-5-12(17-4-2)13(16)10-8-9(14)6-7-11(10)15/h6-8,12-13H,3-5,16H2,1-2H3. The first-order valence-electron chi connectivity index (χ1n) is 5.92. The predicted octanol–water partition coefficient (Wildman–Crippen LogP) is 4.20. The molecule has 0 bridgehead atoms. The first kappa shape index (κ1) is 14.8. The molecule has 2 atom stereocenters. The van der Waals surface area contributed by atoms with Crippen LogP contribution in [0.15, 0.2) is 18.2 Å². The molecule has 0 aliphatic heterocycles. The van der Waals surface area contributed by atoms with Crippen molar-refractivity contribution in [3.05, 3.63) is 33.8 Å². The molecule has 0 fully saturated rings. The van der Waals surface area contributed by atoms with Crippen LogP contribution in [0.25, 0.3) is 0 Å². The SMILES string of the molecule is CCCC(OCC)C(N)c1cc(Cl)ccc1Cl. The van der Waals surface area contributed by atoms with Gasteiger partial charge in [0.05, 0.1) is 12.1 Å². The Hall–Kier alpha value is -0.280. The number of rotatable bonds is 6. The molecule has 0 spiro atoms. The maximum absolute atomic E-state index is 6.21. The zero-order chi connectivity index (χ0) is 12.8. The summed E-state index contributed by atoms with van der Waals surface area (Å²) in [5, 5.41) is 1.29. The van der Waals surface area contributed by atoms with Crippen LogP contribution in [-0.4, -0.2) is 12.7 Å². The van der Waals surface area contributed by atoms with Crippen LogP contribution in [0.1, 0.15) is 38.3 Å². The number of hydrogen-bond acceptors (Lipinski definition) is 2. The fourth-order valence-electron chi connectivity index (χ4n) is 1.84. The van der Waals surface area contributed by atoms with Gasteiger partial charge in [-0.15, -0.1) is 0 Å². The molecule has 1 aromatic carbocycles. The molecule has 0 aromatic heterocycles. The summed E-state index contributed by atoms with van der Waals surface area (Å²) >= 11 is 12.1. The van der Waals surface area contributed by atoms with Crippen molar-refractivity contribution in [1.29, 1.82) is 0 Å². The summed E-state index contributed by atoms with van der Waals surface area (Å²) in [6.07, 6.45) is 1.93. The molecule has 0 aliphatic carbocycles. The van der Waals surface area contributed by atoms with Gasteiger partial charge in [0.15, 0.2) is 0 Å². The highest BCUT2D eigenvalue weighted by Gasteiger charge is 2.21. The average molecular weight is 276 g/mol. The van der Waals surface area contributed by atoms with E-state index in [-0.39, 0.29) is 12.1 Å². The molecule has 0 saturated heterocycles. The Balaban J connectivity index is 2.91. The molecule has 4 heteroatoms. The Labute approximate surface area is 113 Å². The molecule has 2 nitrogen and oxygen atoms in total. The number of halogens is 2. The van der Waals surface area contributed by atoms with Gasteiger partial charge < -0.3 is 10.5 Å². The van der Waals surface area contributed by atoms with Crippen molar-refractivity contribution >= 4 is 23.2 Å². The summed E-state index contributed by atoms with van der Waals surface area (Å²) in [4.78, 5) is 0. The van der Waals surface area contributed by atoms with Gasteiger partial charge in [-0.1, -0.05) is 36.5 Å². The highest BCUT2D eigenvalue weighted by molar-refractivity contribution is 6.33. The lowest BCUT2D eigenvalue weighted by Gasteiger charge is -2.24. The van der Waals surface area contributed by atoms with Crippen LogP contribution < -0.4 is 5.73 Å². The number of benzene rings is 1. The van der Waals surface area contributed by atoms with E-state index in [4.69, 9.17) is 33.7 Å². The molecule has 2 N–H and O–H groups in total. The van der Waals surface area contributed by atoms with Crippen LogP contribution >= 0.6 is 23.2 Å². The smallest absolute Gasteiger partial charge is 0.0767 e. The summed E-state index contributed by atoms with van der Waals surface area (Å²) in [6.45, 7) is 4.73. The Kier molecular flexibility index (Phi) is 6.28. The molecule has 1 aromatic rings. The fourth-order valence-corrected chi connectivity index (χ4v) is 2.26. The molecule has 0 aliphatic rings. The van der Waals surface area contributed by atoms with Crippen molar-refractivity contribution in [1.82, 2.24) is 0 Å². The second-order valence-corrected chi connectivity index (χ2v) is 4.82. The Bertz CT molecular complexity index is 351. The minimum absolute atomic E-state index is 0.0130. The Morgan fingerprint density at radius 1 is 1.29 bits per heavy atom. The lowest BCUT2D eigenvalue weighted by Crippen LogP contribution is -2.29. The molecule has 17 heavy (non-hydrogen) atoms. The van der Waals surface area contributed by atoms with Gasteiger partial charge in [0.1, 0.15) is 0 Å². The number of nitrogens with two attached hydrogens (primary N) is 1. The fraction of sp³-hybridized carbons (Fsp3) is 0.538. The molecule has 0 radical (unpaired) electrons. The van der Waals surface area contributed by atoms with E-state index in [1.165, 1.54) is 0 Å². The van der Waals surface area contributed by atoms with Gasteiger partial charge in [-0.05, 0) is 37.1 Å².